The van der Waals surface area contributed by atoms with Gasteiger partial charge in [-0.05, 0) is 25.9 Å². The molecule has 0 aliphatic carbocycles. The second-order valence-corrected chi connectivity index (χ2v) is 5.19. The Morgan fingerprint density at radius 3 is 2.39 bits per heavy atom. The standard InChI is InChI=1S/C14H31N3O/c1-4-6-15-12-14(13-18-3)17-10-8-16(7-5-2)9-11-17/h14-15H,4-13H2,1-3H3. The zero-order chi connectivity index (χ0) is 13.2. The predicted molar refractivity (Wildman–Crippen MR) is 77.1 cm³/mol. The Balaban J connectivity index is 2.30. The third kappa shape index (κ3) is 5.65. The first-order chi connectivity index (χ1) is 8.81. The minimum absolute atomic E-state index is 0.533. The highest BCUT2D eigenvalue weighted by atomic mass is 16.5. The van der Waals surface area contributed by atoms with Gasteiger partial charge in [-0.2, -0.15) is 0 Å². The number of hydrogen-bond acceptors (Lipinski definition) is 4. The van der Waals surface area contributed by atoms with Crippen molar-refractivity contribution in [3.8, 4) is 0 Å². The third-order valence-corrected chi connectivity index (χ3v) is 3.63. The SMILES string of the molecule is CCCNCC(COC)N1CCN(CCC)CC1. The average molecular weight is 257 g/mol. The molecular weight excluding hydrogens is 226 g/mol. The van der Waals surface area contributed by atoms with Crippen LogP contribution in [0, 0.1) is 0 Å². The molecule has 0 spiro atoms. The summed E-state index contributed by atoms with van der Waals surface area (Å²) in [6, 6.07) is 0.533. The molecule has 1 saturated heterocycles. The molecule has 4 nitrogen and oxygen atoms in total. The van der Waals surface area contributed by atoms with Crippen LogP contribution in [0.15, 0.2) is 0 Å². The van der Waals surface area contributed by atoms with Crippen molar-refractivity contribution < 1.29 is 4.74 Å². The molecule has 1 rings (SSSR count). The molecule has 1 N–H and O–H groups in total. The Morgan fingerprint density at radius 2 is 1.83 bits per heavy atom. The van der Waals surface area contributed by atoms with E-state index in [2.05, 4.69) is 29.0 Å². The summed E-state index contributed by atoms with van der Waals surface area (Å²) in [5.41, 5.74) is 0. The van der Waals surface area contributed by atoms with Gasteiger partial charge in [-0.15, -0.1) is 0 Å². The summed E-state index contributed by atoms with van der Waals surface area (Å²) in [4.78, 5) is 5.15. The van der Waals surface area contributed by atoms with Gasteiger partial charge in [-0.25, -0.2) is 0 Å². The summed E-state index contributed by atoms with van der Waals surface area (Å²) in [5.74, 6) is 0. The number of methoxy groups -OCH3 is 1. The molecule has 0 aromatic heterocycles. The number of ether oxygens (including phenoxy) is 1. The van der Waals surface area contributed by atoms with Crippen LogP contribution in [0.3, 0.4) is 0 Å². The van der Waals surface area contributed by atoms with Crippen LogP contribution in [0.25, 0.3) is 0 Å². The Labute approximate surface area is 113 Å². The highest BCUT2D eigenvalue weighted by molar-refractivity contribution is 4.79. The largest absolute Gasteiger partial charge is 0.383 e. The van der Waals surface area contributed by atoms with Crippen molar-refractivity contribution in [2.24, 2.45) is 0 Å². The van der Waals surface area contributed by atoms with E-state index in [1.807, 2.05) is 0 Å². The van der Waals surface area contributed by atoms with E-state index in [4.69, 9.17) is 4.74 Å². The van der Waals surface area contributed by atoms with Gasteiger partial charge >= 0.3 is 0 Å². The van der Waals surface area contributed by atoms with Gasteiger partial charge in [0.1, 0.15) is 0 Å². The number of rotatable bonds is 9. The number of piperazine rings is 1. The van der Waals surface area contributed by atoms with Crippen molar-refractivity contribution in [2.45, 2.75) is 32.7 Å². The van der Waals surface area contributed by atoms with Crippen LogP contribution >= 0.6 is 0 Å². The topological polar surface area (TPSA) is 27.7 Å². The lowest BCUT2D eigenvalue weighted by atomic mass is 10.2. The maximum absolute atomic E-state index is 5.37. The minimum Gasteiger partial charge on any atom is -0.383 e. The van der Waals surface area contributed by atoms with Crippen molar-refractivity contribution in [3.05, 3.63) is 0 Å². The van der Waals surface area contributed by atoms with E-state index < -0.39 is 0 Å². The fourth-order valence-electron chi connectivity index (χ4n) is 2.60. The lowest BCUT2D eigenvalue weighted by Gasteiger charge is -2.39. The molecule has 0 aromatic rings. The third-order valence-electron chi connectivity index (χ3n) is 3.63. The van der Waals surface area contributed by atoms with E-state index in [1.54, 1.807) is 7.11 Å². The molecule has 0 bridgehead atoms. The van der Waals surface area contributed by atoms with Gasteiger partial charge in [0.05, 0.1) is 6.61 Å². The first-order valence-corrected chi connectivity index (χ1v) is 7.47. The molecule has 108 valence electrons. The Hall–Kier alpha value is -0.160. The lowest BCUT2D eigenvalue weighted by Crippen LogP contribution is -2.54. The molecule has 18 heavy (non-hydrogen) atoms. The Kier molecular flexibility index (Phi) is 8.59. The van der Waals surface area contributed by atoms with Gasteiger partial charge in [-0.1, -0.05) is 13.8 Å². The van der Waals surface area contributed by atoms with Crippen LogP contribution < -0.4 is 5.32 Å². The van der Waals surface area contributed by atoms with E-state index in [0.717, 1.165) is 19.7 Å². The zero-order valence-electron chi connectivity index (χ0n) is 12.5. The number of hydrogen-bond donors (Lipinski definition) is 1. The lowest BCUT2D eigenvalue weighted by molar-refractivity contribution is 0.0496. The van der Waals surface area contributed by atoms with Crippen molar-refractivity contribution in [1.29, 1.82) is 0 Å². The molecule has 0 amide bonds. The predicted octanol–water partition coefficient (Wildman–Crippen LogP) is 1.03. The minimum atomic E-state index is 0.533. The maximum Gasteiger partial charge on any atom is 0.0630 e. The molecule has 0 radical (unpaired) electrons. The van der Waals surface area contributed by atoms with E-state index in [1.165, 1.54) is 45.6 Å². The monoisotopic (exact) mass is 257 g/mol. The van der Waals surface area contributed by atoms with Crippen LogP contribution in [-0.2, 0) is 4.74 Å². The van der Waals surface area contributed by atoms with Gasteiger partial charge < -0.3 is 15.0 Å². The fraction of sp³-hybridized carbons (Fsp3) is 1.00. The van der Waals surface area contributed by atoms with Gasteiger partial charge in [0, 0.05) is 45.9 Å². The molecule has 1 fully saturated rings. The molecule has 1 unspecified atom stereocenters. The second kappa shape index (κ2) is 9.73. The smallest absolute Gasteiger partial charge is 0.0630 e. The molecule has 0 saturated carbocycles. The maximum atomic E-state index is 5.37. The molecule has 0 aromatic carbocycles. The summed E-state index contributed by atoms with van der Waals surface area (Å²) in [6.07, 6.45) is 2.46. The normalized spacial score (nSPS) is 20.2. The molecule has 1 aliphatic heterocycles. The zero-order valence-corrected chi connectivity index (χ0v) is 12.5. The fourth-order valence-corrected chi connectivity index (χ4v) is 2.60. The van der Waals surface area contributed by atoms with Crippen LogP contribution in [-0.4, -0.2) is 75.4 Å². The van der Waals surface area contributed by atoms with Crippen molar-refractivity contribution in [2.75, 3.05) is 59.5 Å². The Morgan fingerprint density at radius 1 is 1.11 bits per heavy atom. The van der Waals surface area contributed by atoms with Crippen LogP contribution in [0.2, 0.25) is 0 Å². The van der Waals surface area contributed by atoms with E-state index in [0.29, 0.717) is 6.04 Å². The van der Waals surface area contributed by atoms with Gasteiger partial charge in [0.15, 0.2) is 0 Å². The summed E-state index contributed by atoms with van der Waals surface area (Å²) in [5, 5.41) is 3.52. The van der Waals surface area contributed by atoms with Crippen LogP contribution in [0.1, 0.15) is 26.7 Å². The number of nitrogens with one attached hydrogen (secondary N) is 1. The quantitative estimate of drug-likeness (QED) is 0.624. The number of nitrogens with zero attached hydrogens (tertiary/aromatic N) is 2. The summed E-state index contributed by atoms with van der Waals surface area (Å²) in [7, 11) is 1.81. The highest BCUT2D eigenvalue weighted by Crippen LogP contribution is 2.07. The summed E-state index contributed by atoms with van der Waals surface area (Å²) >= 11 is 0. The van der Waals surface area contributed by atoms with Gasteiger partial charge in [0.2, 0.25) is 0 Å². The van der Waals surface area contributed by atoms with Crippen molar-refractivity contribution in [3.63, 3.8) is 0 Å². The van der Waals surface area contributed by atoms with E-state index in [9.17, 15) is 0 Å². The Bertz CT molecular complexity index is 193. The van der Waals surface area contributed by atoms with Crippen molar-refractivity contribution in [1.82, 2.24) is 15.1 Å². The van der Waals surface area contributed by atoms with Crippen molar-refractivity contribution >= 4 is 0 Å². The average Bonchev–Trinajstić information content (AvgIpc) is 2.39. The molecule has 4 heteroatoms. The first-order valence-electron chi connectivity index (χ1n) is 7.47. The summed E-state index contributed by atoms with van der Waals surface area (Å²) < 4.78 is 5.37. The van der Waals surface area contributed by atoms with Gasteiger partial charge in [0.25, 0.3) is 0 Å². The van der Waals surface area contributed by atoms with Crippen LogP contribution in [0.5, 0.6) is 0 Å². The second-order valence-electron chi connectivity index (χ2n) is 5.19. The molecule has 1 atom stereocenters. The first kappa shape index (κ1) is 15.9. The summed E-state index contributed by atoms with van der Waals surface area (Å²) in [6.45, 7) is 13.5. The van der Waals surface area contributed by atoms with Gasteiger partial charge in [-0.3, -0.25) is 4.90 Å². The highest BCUT2D eigenvalue weighted by Gasteiger charge is 2.22. The van der Waals surface area contributed by atoms with E-state index in [-0.39, 0.29) is 0 Å². The van der Waals surface area contributed by atoms with Crippen LogP contribution in [0.4, 0.5) is 0 Å². The molecular formula is C14H31N3O. The van der Waals surface area contributed by atoms with E-state index >= 15 is 0 Å². The molecule has 1 heterocycles. The molecule has 1 aliphatic rings.